The van der Waals surface area contributed by atoms with Gasteiger partial charge in [-0.2, -0.15) is 0 Å². The van der Waals surface area contributed by atoms with Crippen LogP contribution in [0.4, 0.5) is 5.69 Å². The SMILES string of the molecule is CCC1(O)CN(CC(=O)Nc2ccc3c(c2)OCO3)C1. The highest BCUT2D eigenvalue weighted by Crippen LogP contribution is 2.34. The third kappa shape index (κ3) is 2.57. The molecule has 0 radical (unpaired) electrons. The summed E-state index contributed by atoms with van der Waals surface area (Å²) in [7, 11) is 0. The van der Waals surface area contributed by atoms with Crippen molar-refractivity contribution < 1.29 is 19.4 Å². The standard InChI is InChI=1S/C14H18N2O4/c1-2-14(18)7-16(8-14)6-13(17)15-10-3-4-11-12(5-10)20-9-19-11/h3-5,18H,2,6-9H2,1H3,(H,15,17). The van der Waals surface area contributed by atoms with E-state index in [2.05, 4.69) is 5.32 Å². The van der Waals surface area contributed by atoms with E-state index >= 15 is 0 Å². The van der Waals surface area contributed by atoms with Gasteiger partial charge in [-0.1, -0.05) is 6.92 Å². The Morgan fingerprint density at radius 1 is 1.40 bits per heavy atom. The lowest BCUT2D eigenvalue weighted by Gasteiger charge is -2.45. The largest absolute Gasteiger partial charge is 0.454 e. The van der Waals surface area contributed by atoms with Gasteiger partial charge in [0.1, 0.15) is 0 Å². The van der Waals surface area contributed by atoms with Crippen LogP contribution in [0.5, 0.6) is 11.5 Å². The number of benzene rings is 1. The average molecular weight is 278 g/mol. The first-order valence-electron chi connectivity index (χ1n) is 6.72. The minimum Gasteiger partial charge on any atom is -0.454 e. The Morgan fingerprint density at radius 3 is 2.90 bits per heavy atom. The predicted octanol–water partition coefficient (Wildman–Crippen LogP) is 0.810. The van der Waals surface area contributed by atoms with Crippen LogP contribution in [0.3, 0.4) is 0 Å². The number of hydrogen-bond donors (Lipinski definition) is 2. The van der Waals surface area contributed by atoms with Gasteiger partial charge in [-0.15, -0.1) is 0 Å². The Morgan fingerprint density at radius 2 is 2.15 bits per heavy atom. The molecule has 0 bridgehead atoms. The third-order valence-electron chi connectivity index (χ3n) is 3.72. The monoisotopic (exact) mass is 278 g/mol. The second-order valence-electron chi connectivity index (χ2n) is 5.34. The number of carbonyl (C=O) groups excluding carboxylic acids is 1. The molecule has 6 heteroatoms. The first-order valence-corrected chi connectivity index (χ1v) is 6.72. The van der Waals surface area contributed by atoms with E-state index in [4.69, 9.17) is 9.47 Å². The van der Waals surface area contributed by atoms with Crippen LogP contribution in [0.1, 0.15) is 13.3 Å². The zero-order valence-corrected chi connectivity index (χ0v) is 11.4. The number of nitrogens with one attached hydrogen (secondary N) is 1. The van der Waals surface area contributed by atoms with Crippen LogP contribution < -0.4 is 14.8 Å². The van der Waals surface area contributed by atoms with Crippen molar-refractivity contribution in [2.24, 2.45) is 0 Å². The van der Waals surface area contributed by atoms with Gasteiger partial charge >= 0.3 is 0 Å². The number of fused-ring (bicyclic) bond motifs is 1. The highest BCUT2D eigenvalue weighted by atomic mass is 16.7. The van der Waals surface area contributed by atoms with Gasteiger partial charge in [0.25, 0.3) is 0 Å². The molecule has 0 unspecified atom stereocenters. The number of likely N-dealkylation sites (tertiary alicyclic amines) is 1. The van der Waals surface area contributed by atoms with Crippen LogP contribution in [0, 0.1) is 0 Å². The third-order valence-corrected chi connectivity index (χ3v) is 3.72. The molecule has 1 fully saturated rings. The van der Waals surface area contributed by atoms with Crippen LogP contribution in [0.25, 0.3) is 0 Å². The molecule has 1 aromatic rings. The fourth-order valence-electron chi connectivity index (χ4n) is 2.50. The minimum atomic E-state index is -0.612. The first kappa shape index (κ1) is 13.2. The first-order chi connectivity index (χ1) is 9.58. The Kier molecular flexibility index (Phi) is 3.27. The number of rotatable bonds is 4. The summed E-state index contributed by atoms with van der Waals surface area (Å²) in [4.78, 5) is 13.8. The molecule has 1 amide bonds. The molecule has 108 valence electrons. The number of nitrogens with zero attached hydrogens (tertiary/aromatic N) is 1. The number of carbonyl (C=O) groups is 1. The Bertz CT molecular complexity index is 526. The summed E-state index contributed by atoms with van der Waals surface area (Å²) >= 11 is 0. The maximum atomic E-state index is 11.9. The number of aliphatic hydroxyl groups is 1. The number of ether oxygens (including phenoxy) is 2. The molecule has 6 nitrogen and oxygen atoms in total. The summed E-state index contributed by atoms with van der Waals surface area (Å²) in [6.07, 6.45) is 0.716. The minimum absolute atomic E-state index is 0.0954. The van der Waals surface area contributed by atoms with Crippen LogP contribution in [-0.4, -0.2) is 47.9 Å². The lowest BCUT2D eigenvalue weighted by atomic mass is 9.91. The van der Waals surface area contributed by atoms with E-state index in [0.717, 1.165) is 0 Å². The molecule has 0 aliphatic carbocycles. The average Bonchev–Trinajstić information content (AvgIpc) is 2.84. The number of hydrogen-bond acceptors (Lipinski definition) is 5. The second kappa shape index (κ2) is 4.96. The van der Waals surface area contributed by atoms with Crippen molar-refractivity contribution >= 4 is 11.6 Å². The molecule has 0 atom stereocenters. The lowest BCUT2D eigenvalue weighted by Crippen LogP contribution is -2.62. The van der Waals surface area contributed by atoms with Crippen LogP contribution >= 0.6 is 0 Å². The lowest BCUT2D eigenvalue weighted by molar-refractivity contribution is -0.128. The summed E-state index contributed by atoms with van der Waals surface area (Å²) in [6.45, 7) is 3.56. The van der Waals surface area contributed by atoms with Crippen molar-refractivity contribution in [3.8, 4) is 11.5 Å². The second-order valence-corrected chi connectivity index (χ2v) is 5.34. The number of amides is 1. The summed E-state index contributed by atoms with van der Waals surface area (Å²) < 4.78 is 10.5. The zero-order valence-electron chi connectivity index (χ0n) is 11.4. The molecule has 1 saturated heterocycles. The van der Waals surface area contributed by atoms with Gasteiger partial charge in [0.15, 0.2) is 11.5 Å². The van der Waals surface area contributed by atoms with E-state index < -0.39 is 5.60 Å². The summed E-state index contributed by atoms with van der Waals surface area (Å²) in [5.41, 5.74) is 0.0736. The molecule has 2 aliphatic heterocycles. The molecule has 3 rings (SSSR count). The Hall–Kier alpha value is -1.79. The van der Waals surface area contributed by atoms with E-state index in [0.29, 0.717) is 36.7 Å². The highest BCUT2D eigenvalue weighted by Gasteiger charge is 2.39. The van der Waals surface area contributed by atoms with E-state index in [1.165, 1.54) is 0 Å². The molecule has 1 aromatic carbocycles. The number of β-amino-alcohol motifs (C(OH)–C–C–N with tert-alkyl or cyclic N) is 1. The molecule has 0 aromatic heterocycles. The normalized spacial score (nSPS) is 19.5. The van der Waals surface area contributed by atoms with Gasteiger partial charge in [-0.25, -0.2) is 0 Å². The van der Waals surface area contributed by atoms with Gasteiger partial charge < -0.3 is 19.9 Å². The zero-order chi connectivity index (χ0) is 14.2. The summed E-state index contributed by atoms with van der Waals surface area (Å²) in [5.74, 6) is 1.24. The molecular formula is C14H18N2O4. The van der Waals surface area contributed by atoms with Gasteiger partial charge in [0, 0.05) is 24.8 Å². The van der Waals surface area contributed by atoms with Crippen LogP contribution in [0.2, 0.25) is 0 Å². The fraction of sp³-hybridized carbons (Fsp3) is 0.500. The van der Waals surface area contributed by atoms with Crippen molar-refractivity contribution in [3.63, 3.8) is 0 Å². The van der Waals surface area contributed by atoms with Crippen molar-refractivity contribution in [1.29, 1.82) is 0 Å². The van der Waals surface area contributed by atoms with E-state index in [1.54, 1.807) is 18.2 Å². The molecule has 2 aliphatic rings. The fourth-order valence-corrected chi connectivity index (χ4v) is 2.50. The molecule has 2 heterocycles. The van der Waals surface area contributed by atoms with Gasteiger partial charge in [0.2, 0.25) is 12.7 Å². The van der Waals surface area contributed by atoms with Crippen molar-refractivity contribution in [2.75, 3.05) is 31.7 Å². The van der Waals surface area contributed by atoms with E-state index in [1.807, 2.05) is 11.8 Å². The molecule has 2 N–H and O–H groups in total. The Balaban J connectivity index is 1.52. The van der Waals surface area contributed by atoms with Gasteiger partial charge in [-0.3, -0.25) is 9.69 Å². The maximum absolute atomic E-state index is 11.9. The molecule has 0 spiro atoms. The van der Waals surface area contributed by atoms with Crippen molar-refractivity contribution in [1.82, 2.24) is 4.90 Å². The predicted molar refractivity (Wildman–Crippen MR) is 72.9 cm³/mol. The quantitative estimate of drug-likeness (QED) is 0.853. The summed E-state index contributed by atoms with van der Waals surface area (Å²) in [5, 5.41) is 12.7. The van der Waals surface area contributed by atoms with Crippen molar-refractivity contribution in [3.05, 3.63) is 18.2 Å². The molecular weight excluding hydrogens is 260 g/mol. The maximum Gasteiger partial charge on any atom is 0.238 e. The Labute approximate surface area is 117 Å². The van der Waals surface area contributed by atoms with Gasteiger partial charge in [0.05, 0.1) is 12.1 Å². The topological polar surface area (TPSA) is 71.0 Å². The summed E-state index contributed by atoms with van der Waals surface area (Å²) in [6, 6.07) is 5.31. The van der Waals surface area contributed by atoms with Crippen molar-refractivity contribution in [2.45, 2.75) is 18.9 Å². The molecule has 20 heavy (non-hydrogen) atoms. The van der Waals surface area contributed by atoms with E-state index in [9.17, 15) is 9.90 Å². The van der Waals surface area contributed by atoms with E-state index in [-0.39, 0.29) is 19.2 Å². The highest BCUT2D eigenvalue weighted by molar-refractivity contribution is 5.92. The van der Waals surface area contributed by atoms with Gasteiger partial charge in [-0.05, 0) is 18.6 Å². The number of anilines is 1. The van der Waals surface area contributed by atoms with Crippen LogP contribution in [-0.2, 0) is 4.79 Å². The smallest absolute Gasteiger partial charge is 0.238 e. The molecule has 0 saturated carbocycles. The van der Waals surface area contributed by atoms with Crippen LogP contribution in [0.15, 0.2) is 18.2 Å².